The molecule has 0 saturated carbocycles. The molecule has 1 N–H and O–H groups in total. The van der Waals surface area contributed by atoms with Crippen molar-refractivity contribution in [1.82, 2.24) is 24.5 Å². The molecule has 9 heteroatoms. The highest BCUT2D eigenvalue weighted by Crippen LogP contribution is 2.31. The molecule has 1 atom stereocenters. The second-order valence-corrected chi connectivity index (χ2v) is 7.56. The highest BCUT2D eigenvalue weighted by atomic mass is 19.4. The third kappa shape index (κ3) is 3.20. The van der Waals surface area contributed by atoms with Gasteiger partial charge < -0.3 is 9.88 Å². The number of alkyl halides is 3. The topological polar surface area (TPSA) is 66.3 Å². The van der Waals surface area contributed by atoms with E-state index < -0.39 is 11.7 Å². The number of carbonyl (C=O) groups is 1. The second-order valence-electron chi connectivity index (χ2n) is 7.56. The highest BCUT2D eigenvalue weighted by molar-refractivity contribution is 5.98. The smallest absolute Gasteiger partial charge is 0.351 e. The van der Waals surface area contributed by atoms with Gasteiger partial charge in [-0.1, -0.05) is 18.2 Å². The van der Waals surface area contributed by atoms with E-state index in [1.807, 2.05) is 30.3 Å². The van der Waals surface area contributed by atoms with E-state index in [4.69, 9.17) is 0 Å². The summed E-state index contributed by atoms with van der Waals surface area (Å²) in [6.45, 7) is 0.973. The quantitative estimate of drug-likeness (QED) is 0.534. The number of benzene rings is 1. The number of rotatable bonds is 2. The monoisotopic (exact) mass is 413 g/mol. The van der Waals surface area contributed by atoms with E-state index in [1.54, 1.807) is 4.90 Å². The number of halogens is 3. The molecule has 3 aromatic heterocycles. The minimum Gasteiger partial charge on any atom is -0.351 e. The van der Waals surface area contributed by atoms with Gasteiger partial charge in [-0.05, 0) is 37.1 Å². The third-order valence-electron chi connectivity index (χ3n) is 5.59. The maximum Gasteiger partial charge on any atom is 0.417 e. The van der Waals surface area contributed by atoms with E-state index in [9.17, 15) is 18.0 Å². The van der Waals surface area contributed by atoms with Crippen LogP contribution in [0.25, 0.3) is 16.6 Å². The van der Waals surface area contributed by atoms with Gasteiger partial charge in [0.15, 0.2) is 5.65 Å². The van der Waals surface area contributed by atoms with Crippen LogP contribution >= 0.6 is 0 Å². The molecule has 1 unspecified atom stereocenters. The van der Waals surface area contributed by atoms with Crippen molar-refractivity contribution in [3.63, 3.8) is 0 Å². The number of carbonyl (C=O) groups excluding carboxylic acids is 1. The van der Waals surface area contributed by atoms with Crippen molar-refractivity contribution in [2.24, 2.45) is 0 Å². The van der Waals surface area contributed by atoms with Crippen molar-refractivity contribution in [2.75, 3.05) is 13.1 Å². The van der Waals surface area contributed by atoms with Gasteiger partial charge in [-0.2, -0.15) is 13.2 Å². The number of H-pyrrole nitrogens is 1. The minimum atomic E-state index is -4.44. The average Bonchev–Trinajstić information content (AvgIpc) is 3.36. The summed E-state index contributed by atoms with van der Waals surface area (Å²) in [5.74, 6) is 0.136. The number of amides is 1. The number of aromatic amines is 1. The molecule has 30 heavy (non-hydrogen) atoms. The predicted molar refractivity (Wildman–Crippen MR) is 104 cm³/mol. The van der Waals surface area contributed by atoms with Crippen molar-refractivity contribution in [1.29, 1.82) is 0 Å². The molecule has 4 heterocycles. The van der Waals surface area contributed by atoms with Gasteiger partial charge >= 0.3 is 6.18 Å². The first-order valence-electron chi connectivity index (χ1n) is 9.69. The zero-order valence-corrected chi connectivity index (χ0v) is 15.9. The Morgan fingerprint density at radius 2 is 1.97 bits per heavy atom. The van der Waals surface area contributed by atoms with Crippen molar-refractivity contribution in [2.45, 2.75) is 24.9 Å². The lowest BCUT2D eigenvalue weighted by atomic mass is 9.97. The Kier molecular flexibility index (Phi) is 4.27. The summed E-state index contributed by atoms with van der Waals surface area (Å²) in [6.07, 6.45) is -1.94. The maximum atomic E-state index is 13.1. The van der Waals surface area contributed by atoms with Crippen molar-refractivity contribution in [3.8, 4) is 0 Å². The first kappa shape index (κ1) is 18.7. The SMILES string of the molecule is O=C(c1cc2ccccc2[nH]1)N1CCCC(c2nnc3ccc(C(F)(F)F)cn23)C1. The Morgan fingerprint density at radius 1 is 1.13 bits per heavy atom. The molecule has 6 nitrogen and oxygen atoms in total. The summed E-state index contributed by atoms with van der Waals surface area (Å²) in [6, 6.07) is 11.8. The lowest BCUT2D eigenvalue weighted by Crippen LogP contribution is -2.39. The normalized spacial score (nSPS) is 17.7. The average molecular weight is 413 g/mol. The number of fused-ring (bicyclic) bond motifs is 2. The zero-order chi connectivity index (χ0) is 20.9. The van der Waals surface area contributed by atoms with Crippen LogP contribution < -0.4 is 0 Å². The highest BCUT2D eigenvalue weighted by Gasteiger charge is 2.33. The number of hydrogen-bond acceptors (Lipinski definition) is 3. The van der Waals surface area contributed by atoms with E-state index in [1.165, 1.54) is 10.5 Å². The fraction of sp³-hybridized carbons (Fsp3) is 0.286. The van der Waals surface area contributed by atoms with Gasteiger partial charge in [0.25, 0.3) is 5.91 Å². The summed E-state index contributed by atoms with van der Waals surface area (Å²) in [5, 5.41) is 9.11. The molecule has 1 aliphatic rings. The Balaban J connectivity index is 1.43. The van der Waals surface area contributed by atoms with Crippen LogP contribution in [0.15, 0.2) is 48.7 Å². The maximum absolute atomic E-state index is 13.1. The van der Waals surface area contributed by atoms with Crippen molar-refractivity contribution >= 4 is 22.5 Å². The Morgan fingerprint density at radius 3 is 2.77 bits per heavy atom. The fourth-order valence-corrected chi connectivity index (χ4v) is 4.09. The number of pyridine rings is 1. The molecule has 0 radical (unpaired) electrons. The van der Waals surface area contributed by atoms with Gasteiger partial charge in [0.2, 0.25) is 0 Å². The fourth-order valence-electron chi connectivity index (χ4n) is 4.09. The van der Waals surface area contributed by atoms with E-state index in [0.717, 1.165) is 36.0 Å². The summed E-state index contributed by atoms with van der Waals surface area (Å²) in [5.41, 5.74) is 0.995. The lowest BCUT2D eigenvalue weighted by molar-refractivity contribution is -0.137. The summed E-state index contributed by atoms with van der Waals surface area (Å²) < 4.78 is 40.8. The van der Waals surface area contributed by atoms with E-state index >= 15 is 0 Å². The molecule has 154 valence electrons. The Labute approximate surface area is 169 Å². The van der Waals surface area contributed by atoms with Gasteiger partial charge in [0.05, 0.1) is 5.56 Å². The van der Waals surface area contributed by atoms with Gasteiger partial charge in [-0.25, -0.2) is 0 Å². The van der Waals surface area contributed by atoms with Crippen LogP contribution in [0.4, 0.5) is 13.2 Å². The zero-order valence-electron chi connectivity index (χ0n) is 15.9. The van der Waals surface area contributed by atoms with Crippen molar-refractivity contribution < 1.29 is 18.0 Å². The molecule has 1 saturated heterocycles. The molecule has 1 aromatic carbocycles. The second kappa shape index (κ2) is 6.86. The summed E-state index contributed by atoms with van der Waals surface area (Å²) in [7, 11) is 0. The number of likely N-dealkylation sites (tertiary alicyclic amines) is 1. The number of piperidine rings is 1. The molecule has 0 spiro atoms. The molecule has 0 bridgehead atoms. The van der Waals surface area contributed by atoms with Gasteiger partial charge in [0.1, 0.15) is 11.5 Å². The number of aromatic nitrogens is 4. The van der Waals surface area contributed by atoms with Gasteiger partial charge in [-0.3, -0.25) is 9.20 Å². The van der Waals surface area contributed by atoms with Crippen LogP contribution in [0.2, 0.25) is 0 Å². The van der Waals surface area contributed by atoms with Crippen LogP contribution in [0, 0.1) is 0 Å². The molecular formula is C21H18F3N5O. The van der Waals surface area contributed by atoms with Gasteiger partial charge in [-0.15, -0.1) is 10.2 Å². The van der Waals surface area contributed by atoms with Crippen LogP contribution in [0.3, 0.4) is 0 Å². The molecule has 0 aliphatic carbocycles. The van der Waals surface area contributed by atoms with E-state index in [-0.39, 0.29) is 11.8 Å². The minimum absolute atomic E-state index is 0.124. The molecule has 1 amide bonds. The predicted octanol–water partition coefficient (Wildman–Crippen LogP) is 4.25. The summed E-state index contributed by atoms with van der Waals surface area (Å²) in [4.78, 5) is 17.9. The summed E-state index contributed by atoms with van der Waals surface area (Å²) >= 11 is 0. The molecule has 1 fully saturated rings. The molecule has 4 aromatic rings. The van der Waals surface area contributed by atoms with Crippen LogP contribution in [0.1, 0.15) is 40.6 Å². The molecular weight excluding hydrogens is 395 g/mol. The largest absolute Gasteiger partial charge is 0.417 e. The molecule has 1 aliphatic heterocycles. The van der Waals surface area contributed by atoms with E-state index in [0.29, 0.717) is 30.3 Å². The third-order valence-corrected chi connectivity index (χ3v) is 5.59. The first-order chi connectivity index (χ1) is 14.4. The van der Waals surface area contributed by atoms with Crippen LogP contribution in [-0.2, 0) is 6.18 Å². The van der Waals surface area contributed by atoms with E-state index in [2.05, 4.69) is 15.2 Å². The number of nitrogens with one attached hydrogen (secondary N) is 1. The number of nitrogens with zero attached hydrogens (tertiary/aromatic N) is 4. The first-order valence-corrected chi connectivity index (χ1v) is 9.69. The lowest BCUT2D eigenvalue weighted by Gasteiger charge is -2.31. The molecule has 5 rings (SSSR count). The van der Waals surface area contributed by atoms with Crippen LogP contribution in [-0.4, -0.2) is 43.5 Å². The Bertz CT molecular complexity index is 1210. The number of para-hydroxylation sites is 1. The number of hydrogen-bond donors (Lipinski definition) is 1. The van der Waals surface area contributed by atoms with Crippen LogP contribution in [0.5, 0.6) is 0 Å². The standard InChI is InChI=1S/C21H18F3N5O/c22-21(23,24)15-7-8-18-26-27-19(29(18)12-15)14-5-3-9-28(11-14)20(30)17-10-13-4-1-2-6-16(13)25-17/h1-2,4,6-8,10,12,14,25H,3,5,9,11H2. The van der Waals surface area contributed by atoms with Crippen molar-refractivity contribution in [3.05, 3.63) is 65.7 Å². The van der Waals surface area contributed by atoms with Gasteiger partial charge in [0, 0.05) is 36.1 Å². The Hall–Kier alpha value is -3.36.